The van der Waals surface area contributed by atoms with Gasteiger partial charge in [-0.2, -0.15) is 0 Å². The number of halogens is 1. The molecule has 0 aliphatic carbocycles. The highest BCUT2D eigenvalue weighted by molar-refractivity contribution is 6.32. The predicted octanol–water partition coefficient (Wildman–Crippen LogP) is 3.51. The minimum atomic E-state index is 0.153. The number of hydrogen-bond acceptors (Lipinski definition) is 4. The summed E-state index contributed by atoms with van der Waals surface area (Å²) in [4.78, 5) is 19.9. The molecule has 2 heterocycles. The van der Waals surface area contributed by atoms with Crippen molar-refractivity contribution >= 4 is 23.2 Å². The van der Waals surface area contributed by atoms with E-state index in [0.29, 0.717) is 22.7 Å². The third-order valence-electron chi connectivity index (χ3n) is 5.92. The van der Waals surface area contributed by atoms with Gasteiger partial charge in [0.15, 0.2) is 0 Å². The van der Waals surface area contributed by atoms with Crippen molar-refractivity contribution in [2.45, 2.75) is 39.2 Å². The molecule has 27 heavy (non-hydrogen) atoms. The van der Waals surface area contributed by atoms with E-state index in [2.05, 4.69) is 28.5 Å². The Morgan fingerprint density at radius 1 is 1.11 bits per heavy atom. The quantitative estimate of drug-likeness (QED) is 0.784. The molecule has 0 radical (unpaired) electrons. The lowest BCUT2D eigenvalue weighted by atomic mass is 9.94. The first-order valence-electron chi connectivity index (χ1n) is 10.1. The smallest absolute Gasteiger partial charge is 0.225 e. The Balaban J connectivity index is 1.54. The number of carbonyl (C=O) groups is 1. The average molecular weight is 394 g/mol. The summed E-state index contributed by atoms with van der Waals surface area (Å²) < 4.78 is 5.23. The molecule has 5 nitrogen and oxygen atoms in total. The molecule has 0 aromatic heterocycles. The minimum absolute atomic E-state index is 0.153. The van der Waals surface area contributed by atoms with Gasteiger partial charge in [0.25, 0.3) is 0 Å². The van der Waals surface area contributed by atoms with Crippen LogP contribution >= 0.6 is 11.6 Å². The van der Waals surface area contributed by atoms with Crippen molar-refractivity contribution in [1.82, 2.24) is 9.80 Å². The average Bonchev–Trinajstić information content (AvgIpc) is 2.94. The van der Waals surface area contributed by atoms with Crippen LogP contribution in [-0.2, 0) is 4.79 Å². The van der Waals surface area contributed by atoms with Crippen molar-refractivity contribution in [3.63, 3.8) is 0 Å². The number of carbonyl (C=O) groups excluding carboxylic acids is 1. The highest BCUT2D eigenvalue weighted by atomic mass is 35.5. The molecular formula is C21H32ClN3O2. The Hall–Kier alpha value is -1.46. The number of amides is 1. The van der Waals surface area contributed by atoms with Crippen LogP contribution in [0, 0.1) is 5.92 Å². The fourth-order valence-corrected chi connectivity index (χ4v) is 4.42. The first kappa shape index (κ1) is 20.3. The van der Waals surface area contributed by atoms with E-state index < -0.39 is 0 Å². The summed E-state index contributed by atoms with van der Waals surface area (Å²) in [6.07, 6.45) is 2.90. The number of benzene rings is 1. The van der Waals surface area contributed by atoms with Gasteiger partial charge >= 0.3 is 0 Å². The Kier molecular flexibility index (Phi) is 6.88. The van der Waals surface area contributed by atoms with Crippen molar-refractivity contribution in [3.05, 3.63) is 23.2 Å². The van der Waals surface area contributed by atoms with Gasteiger partial charge in [-0.05, 0) is 51.3 Å². The normalized spacial score (nSPS) is 20.0. The fourth-order valence-electron chi connectivity index (χ4n) is 4.17. The van der Waals surface area contributed by atoms with E-state index in [1.165, 1.54) is 0 Å². The first-order chi connectivity index (χ1) is 13.0. The summed E-state index contributed by atoms with van der Waals surface area (Å²) in [6, 6.07) is 6.46. The maximum absolute atomic E-state index is 13.0. The number of piperidine rings is 1. The maximum Gasteiger partial charge on any atom is 0.225 e. The molecule has 0 N–H and O–H groups in total. The second kappa shape index (κ2) is 9.16. The molecule has 3 rings (SSSR count). The summed E-state index contributed by atoms with van der Waals surface area (Å²) in [5.41, 5.74) is 1.11. The van der Waals surface area contributed by atoms with Crippen LogP contribution in [0.15, 0.2) is 18.2 Å². The fraction of sp³-hybridized carbons (Fsp3) is 0.667. The van der Waals surface area contributed by atoms with Gasteiger partial charge in [0.1, 0.15) is 5.75 Å². The van der Waals surface area contributed by atoms with Crippen LogP contribution in [0.4, 0.5) is 5.69 Å². The topological polar surface area (TPSA) is 36.0 Å². The van der Waals surface area contributed by atoms with Gasteiger partial charge in [-0.1, -0.05) is 11.6 Å². The summed E-state index contributed by atoms with van der Waals surface area (Å²) in [5.74, 6) is 1.20. The SMILES string of the molecule is COc1ccc(N2CCC(C(=O)N3CCCN(C(C)C)CC3)CC2)cc1Cl. The van der Waals surface area contributed by atoms with Crippen molar-refractivity contribution < 1.29 is 9.53 Å². The molecule has 1 aromatic carbocycles. The Bertz CT molecular complexity index is 644. The molecule has 2 aliphatic rings. The monoisotopic (exact) mass is 393 g/mol. The minimum Gasteiger partial charge on any atom is -0.495 e. The molecular weight excluding hydrogens is 362 g/mol. The maximum atomic E-state index is 13.0. The summed E-state index contributed by atoms with van der Waals surface area (Å²) >= 11 is 6.26. The molecule has 6 heteroatoms. The molecule has 1 aromatic rings. The molecule has 0 atom stereocenters. The van der Waals surface area contributed by atoms with Gasteiger partial charge in [-0.3, -0.25) is 9.69 Å². The zero-order chi connectivity index (χ0) is 19.4. The number of rotatable bonds is 4. The van der Waals surface area contributed by atoms with E-state index in [9.17, 15) is 4.79 Å². The summed E-state index contributed by atoms with van der Waals surface area (Å²) in [5, 5.41) is 0.632. The molecule has 2 saturated heterocycles. The molecule has 0 bridgehead atoms. The van der Waals surface area contributed by atoms with E-state index >= 15 is 0 Å². The Morgan fingerprint density at radius 2 is 1.85 bits per heavy atom. The molecule has 0 spiro atoms. The largest absolute Gasteiger partial charge is 0.495 e. The van der Waals surface area contributed by atoms with Crippen LogP contribution in [0.5, 0.6) is 5.75 Å². The molecule has 1 amide bonds. The van der Waals surface area contributed by atoms with E-state index in [4.69, 9.17) is 16.3 Å². The van der Waals surface area contributed by atoms with Crippen molar-refractivity contribution in [2.24, 2.45) is 5.92 Å². The third-order valence-corrected chi connectivity index (χ3v) is 6.21. The molecule has 0 saturated carbocycles. The van der Waals surface area contributed by atoms with Crippen LogP contribution in [-0.4, -0.2) is 68.1 Å². The highest BCUT2D eigenvalue weighted by Gasteiger charge is 2.30. The second-order valence-electron chi connectivity index (χ2n) is 7.89. The lowest BCUT2D eigenvalue weighted by molar-refractivity contribution is -0.136. The van der Waals surface area contributed by atoms with Gasteiger partial charge in [0, 0.05) is 56.9 Å². The number of hydrogen-bond donors (Lipinski definition) is 0. The van der Waals surface area contributed by atoms with Crippen LogP contribution in [0.1, 0.15) is 33.1 Å². The number of nitrogens with zero attached hydrogens (tertiary/aromatic N) is 3. The van der Waals surface area contributed by atoms with Crippen molar-refractivity contribution in [2.75, 3.05) is 51.3 Å². The van der Waals surface area contributed by atoms with Crippen LogP contribution in [0.25, 0.3) is 0 Å². The van der Waals surface area contributed by atoms with Crippen LogP contribution in [0.3, 0.4) is 0 Å². The molecule has 2 aliphatic heterocycles. The first-order valence-corrected chi connectivity index (χ1v) is 10.5. The second-order valence-corrected chi connectivity index (χ2v) is 8.30. The predicted molar refractivity (Wildman–Crippen MR) is 111 cm³/mol. The van der Waals surface area contributed by atoms with E-state index in [0.717, 1.165) is 64.2 Å². The van der Waals surface area contributed by atoms with Gasteiger partial charge in [-0.25, -0.2) is 0 Å². The van der Waals surface area contributed by atoms with Gasteiger partial charge in [0.2, 0.25) is 5.91 Å². The van der Waals surface area contributed by atoms with Crippen LogP contribution < -0.4 is 9.64 Å². The zero-order valence-electron chi connectivity index (χ0n) is 16.8. The van der Waals surface area contributed by atoms with E-state index in [1.807, 2.05) is 18.2 Å². The van der Waals surface area contributed by atoms with E-state index in [1.54, 1.807) is 7.11 Å². The number of methoxy groups -OCH3 is 1. The van der Waals surface area contributed by atoms with Crippen LogP contribution in [0.2, 0.25) is 5.02 Å². The van der Waals surface area contributed by atoms with Gasteiger partial charge in [0.05, 0.1) is 12.1 Å². The third kappa shape index (κ3) is 4.88. The van der Waals surface area contributed by atoms with Crippen molar-refractivity contribution in [1.29, 1.82) is 0 Å². The zero-order valence-corrected chi connectivity index (χ0v) is 17.5. The standard InChI is InChI=1S/C21H32ClN3O2/c1-16(2)23-9-4-10-25(14-13-23)21(26)17-7-11-24(12-8-17)18-5-6-20(27-3)19(22)15-18/h5-6,15-17H,4,7-14H2,1-3H3. The number of ether oxygens (including phenoxy) is 1. The Labute approximate surface area is 168 Å². The lowest BCUT2D eigenvalue weighted by Crippen LogP contribution is -2.44. The van der Waals surface area contributed by atoms with Gasteiger partial charge < -0.3 is 14.5 Å². The molecule has 0 unspecified atom stereocenters. The molecule has 2 fully saturated rings. The summed E-state index contributed by atoms with van der Waals surface area (Å²) in [7, 11) is 1.63. The van der Waals surface area contributed by atoms with E-state index in [-0.39, 0.29) is 5.92 Å². The number of anilines is 1. The summed E-state index contributed by atoms with van der Waals surface area (Å²) in [6.45, 7) is 10.1. The lowest BCUT2D eigenvalue weighted by Gasteiger charge is -2.35. The Morgan fingerprint density at radius 3 is 2.48 bits per heavy atom. The molecule has 150 valence electrons. The van der Waals surface area contributed by atoms with Gasteiger partial charge in [-0.15, -0.1) is 0 Å². The highest BCUT2D eigenvalue weighted by Crippen LogP contribution is 2.31. The van der Waals surface area contributed by atoms with Crippen molar-refractivity contribution in [3.8, 4) is 5.75 Å².